The van der Waals surface area contributed by atoms with Crippen LogP contribution in [-0.4, -0.2) is 7.11 Å². The van der Waals surface area contributed by atoms with E-state index in [1.165, 1.54) is 13.2 Å². The number of anilines is 1. The summed E-state index contributed by atoms with van der Waals surface area (Å²) in [5.74, 6) is 0.315. The van der Waals surface area contributed by atoms with E-state index in [4.69, 9.17) is 10.00 Å². The lowest BCUT2D eigenvalue weighted by atomic mass is 10.1. The summed E-state index contributed by atoms with van der Waals surface area (Å²) >= 11 is 0. The molecule has 3 nitrogen and oxygen atoms in total. The predicted molar refractivity (Wildman–Crippen MR) is 76.2 cm³/mol. The smallest absolute Gasteiger partial charge is 0.136 e. The van der Waals surface area contributed by atoms with Crippen LogP contribution in [0.1, 0.15) is 16.7 Å². The predicted octanol–water partition coefficient (Wildman–Crippen LogP) is 3.63. The molecule has 0 spiro atoms. The number of rotatable bonds is 4. The van der Waals surface area contributed by atoms with Gasteiger partial charge in [0, 0.05) is 17.8 Å². The molecule has 4 heteroatoms. The van der Waals surface area contributed by atoms with Crippen LogP contribution >= 0.6 is 0 Å². The molecule has 0 aliphatic heterocycles. The van der Waals surface area contributed by atoms with Gasteiger partial charge in [0.1, 0.15) is 17.6 Å². The van der Waals surface area contributed by atoms with Crippen LogP contribution in [0.15, 0.2) is 36.4 Å². The third-order valence-electron chi connectivity index (χ3n) is 3.14. The van der Waals surface area contributed by atoms with Crippen molar-refractivity contribution in [1.82, 2.24) is 0 Å². The van der Waals surface area contributed by atoms with Crippen LogP contribution in [0.4, 0.5) is 10.1 Å². The third kappa shape index (κ3) is 2.89. The summed E-state index contributed by atoms with van der Waals surface area (Å²) in [5, 5.41) is 12.1. The molecule has 1 N–H and O–H groups in total. The van der Waals surface area contributed by atoms with Gasteiger partial charge in [-0.25, -0.2) is 4.39 Å². The van der Waals surface area contributed by atoms with Crippen LogP contribution in [0.25, 0.3) is 0 Å². The molecule has 0 heterocycles. The zero-order valence-electron chi connectivity index (χ0n) is 11.4. The lowest BCUT2D eigenvalue weighted by molar-refractivity contribution is 0.413. The van der Waals surface area contributed by atoms with Crippen molar-refractivity contribution in [3.8, 4) is 11.8 Å². The molecule has 0 fully saturated rings. The van der Waals surface area contributed by atoms with Gasteiger partial charge in [0.25, 0.3) is 0 Å². The highest BCUT2D eigenvalue weighted by atomic mass is 19.1. The largest absolute Gasteiger partial charge is 0.495 e. The normalized spacial score (nSPS) is 9.90. The fourth-order valence-electron chi connectivity index (χ4n) is 1.93. The first kappa shape index (κ1) is 13.9. The van der Waals surface area contributed by atoms with E-state index >= 15 is 0 Å². The molecule has 0 saturated carbocycles. The lowest BCUT2D eigenvalue weighted by Crippen LogP contribution is -2.02. The van der Waals surface area contributed by atoms with E-state index in [9.17, 15) is 4.39 Å². The van der Waals surface area contributed by atoms with E-state index in [0.29, 0.717) is 23.4 Å². The van der Waals surface area contributed by atoms with E-state index in [1.54, 1.807) is 25.1 Å². The van der Waals surface area contributed by atoms with Crippen molar-refractivity contribution in [2.75, 3.05) is 12.4 Å². The number of methoxy groups -OCH3 is 1. The Morgan fingerprint density at radius 3 is 2.80 bits per heavy atom. The Bertz CT molecular complexity index is 662. The summed E-state index contributed by atoms with van der Waals surface area (Å²) in [7, 11) is 1.53. The number of ether oxygens (including phenoxy) is 1. The molecule has 0 atom stereocenters. The van der Waals surface area contributed by atoms with Gasteiger partial charge < -0.3 is 10.1 Å². The molecule has 0 saturated heterocycles. The Morgan fingerprint density at radius 1 is 1.30 bits per heavy atom. The molecule has 2 aromatic carbocycles. The van der Waals surface area contributed by atoms with Gasteiger partial charge in [-0.05, 0) is 36.8 Å². The zero-order chi connectivity index (χ0) is 14.5. The molecule has 0 bridgehead atoms. The average Bonchev–Trinajstić information content (AvgIpc) is 2.48. The highest BCUT2D eigenvalue weighted by Gasteiger charge is 2.05. The number of nitrogens with zero attached hydrogens (tertiary/aromatic N) is 1. The molecule has 0 aliphatic rings. The first-order valence-electron chi connectivity index (χ1n) is 6.21. The van der Waals surface area contributed by atoms with Crippen LogP contribution in [0.2, 0.25) is 0 Å². The van der Waals surface area contributed by atoms with Gasteiger partial charge in [-0.15, -0.1) is 0 Å². The van der Waals surface area contributed by atoms with E-state index < -0.39 is 0 Å². The Hall–Kier alpha value is -2.54. The maximum absolute atomic E-state index is 13.4. The van der Waals surface area contributed by atoms with Gasteiger partial charge >= 0.3 is 0 Å². The summed E-state index contributed by atoms with van der Waals surface area (Å²) in [6, 6.07) is 12.4. The number of halogens is 1. The number of hydrogen-bond donors (Lipinski definition) is 1. The molecular weight excluding hydrogens is 255 g/mol. The average molecular weight is 270 g/mol. The van der Waals surface area contributed by atoms with Crippen molar-refractivity contribution in [3.63, 3.8) is 0 Å². The molecule has 0 aromatic heterocycles. The summed E-state index contributed by atoms with van der Waals surface area (Å²) < 4.78 is 18.6. The zero-order valence-corrected chi connectivity index (χ0v) is 11.4. The fourth-order valence-corrected chi connectivity index (χ4v) is 1.93. The summed E-state index contributed by atoms with van der Waals surface area (Å²) in [4.78, 5) is 0. The molecule has 0 unspecified atom stereocenters. The molecule has 20 heavy (non-hydrogen) atoms. The van der Waals surface area contributed by atoms with Crippen LogP contribution in [0, 0.1) is 24.1 Å². The van der Waals surface area contributed by atoms with Gasteiger partial charge in [0.2, 0.25) is 0 Å². The first-order chi connectivity index (χ1) is 9.65. The second kappa shape index (κ2) is 6.07. The molecular formula is C16H15FN2O. The summed E-state index contributed by atoms with van der Waals surface area (Å²) in [6.07, 6.45) is 0. The number of nitrogens with one attached hydrogen (secondary N) is 1. The van der Waals surface area contributed by atoms with Crippen molar-refractivity contribution in [1.29, 1.82) is 5.26 Å². The summed E-state index contributed by atoms with van der Waals surface area (Å²) in [6.45, 7) is 2.27. The van der Waals surface area contributed by atoms with E-state index in [-0.39, 0.29) is 5.82 Å². The molecule has 0 aliphatic carbocycles. The van der Waals surface area contributed by atoms with Crippen LogP contribution in [0.5, 0.6) is 5.75 Å². The number of nitriles is 1. The number of benzene rings is 2. The lowest BCUT2D eigenvalue weighted by Gasteiger charge is -2.11. The third-order valence-corrected chi connectivity index (χ3v) is 3.14. The Kier molecular flexibility index (Phi) is 4.21. The van der Waals surface area contributed by atoms with Crippen LogP contribution in [-0.2, 0) is 6.54 Å². The second-order valence-electron chi connectivity index (χ2n) is 4.41. The Morgan fingerprint density at radius 2 is 2.10 bits per heavy atom. The Labute approximate surface area is 117 Å². The first-order valence-corrected chi connectivity index (χ1v) is 6.21. The maximum Gasteiger partial charge on any atom is 0.136 e. The monoisotopic (exact) mass is 270 g/mol. The van der Waals surface area contributed by atoms with E-state index in [2.05, 4.69) is 11.4 Å². The second-order valence-corrected chi connectivity index (χ2v) is 4.41. The fraction of sp³-hybridized carbons (Fsp3) is 0.188. The van der Waals surface area contributed by atoms with Gasteiger partial charge in [0.05, 0.1) is 12.7 Å². The van der Waals surface area contributed by atoms with Gasteiger partial charge in [-0.1, -0.05) is 12.1 Å². The van der Waals surface area contributed by atoms with Gasteiger partial charge in [-0.3, -0.25) is 0 Å². The van der Waals surface area contributed by atoms with E-state index in [0.717, 1.165) is 11.3 Å². The van der Waals surface area contributed by atoms with Gasteiger partial charge in [-0.2, -0.15) is 5.26 Å². The number of hydrogen-bond acceptors (Lipinski definition) is 3. The Balaban J connectivity index is 2.15. The highest BCUT2D eigenvalue weighted by Crippen LogP contribution is 2.22. The molecule has 2 aromatic rings. The minimum Gasteiger partial charge on any atom is -0.495 e. The molecule has 0 radical (unpaired) electrons. The van der Waals surface area contributed by atoms with Crippen LogP contribution < -0.4 is 10.1 Å². The minimum atomic E-state index is -0.229. The molecule has 102 valence electrons. The topological polar surface area (TPSA) is 45.0 Å². The molecule has 0 amide bonds. The quantitative estimate of drug-likeness (QED) is 0.922. The maximum atomic E-state index is 13.4. The van der Waals surface area contributed by atoms with Crippen molar-refractivity contribution < 1.29 is 9.13 Å². The summed E-state index contributed by atoms with van der Waals surface area (Å²) in [5.41, 5.74) is 2.81. The van der Waals surface area contributed by atoms with Crippen molar-refractivity contribution in [2.45, 2.75) is 13.5 Å². The van der Waals surface area contributed by atoms with Crippen molar-refractivity contribution in [3.05, 3.63) is 58.9 Å². The van der Waals surface area contributed by atoms with Crippen molar-refractivity contribution in [2.24, 2.45) is 0 Å². The SMILES string of the molecule is COc1cc(CNc2cccc(F)c2C)ccc1C#N. The molecule has 2 rings (SSSR count). The van der Waals surface area contributed by atoms with Gasteiger partial charge in [0.15, 0.2) is 0 Å². The highest BCUT2D eigenvalue weighted by molar-refractivity contribution is 5.52. The van der Waals surface area contributed by atoms with Crippen LogP contribution in [0.3, 0.4) is 0 Å². The van der Waals surface area contributed by atoms with Crippen molar-refractivity contribution >= 4 is 5.69 Å². The standard InChI is InChI=1S/C16H15FN2O/c1-11-14(17)4-3-5-15(11)19-10-12-6-7-13(9-18)16(8-12)20-2/h3-8,19H,10H2,1-2H3. The minimum absolute atomic E-state index is 0.229. The van der Waals surface area contributed by atoms with E-state index in [1.807, 2.05) is 12.1 Å².